The average Bonchev–Trinajstić information content (AvgIpc) is 2.77. The molecule has 3 rings (SSSR count). The third-order valence-corrected chi connectivity index (χ3v) is 5.81. The number of rotatable bonds is 8. The third-order valence-electron chi connectivity index (χ3n) is 4.38. The molecule has 0 fully saturated rings. The van der Waals surface area contributed by atoms with Crippen LogP contribution in [0, 0.1) is 5.82 Å². The number of fused-ring (bicyclic) bond motifs is 1. The van der Waals surface area contributed by atoms with E-state index in [2.05, 4.69) is 15.3 Å². The van der Waals surface area contributed by atoms with Crippen molar-refractivity contribution in [3.05, 3.63) is 36.4 Å². The zero-order valence-electron chi connectivity index (χ0n) is 17.9. The van der Waals surface area contributed by atoms with E-state index >= 15 is 0 Å². The summed E-state index contributed by atoms with van der Waals surface area (Å²) in [5.74, 6) is -1.13. The van der Waals surface area contributed by atoms with Gasteiger partial charge in [-0.2, -0.15) is 13.2 Å². The molecule has 0 atom stereocenters. The highest BCUT2D eigenvalue weighted by molar-refractivity contribution is 7.89. The first-order valence-corrected chi connectivity index (χ1v) is 10.6. The second-order valence-corrected chi connectivity index (χ2v) is 8.32. The Morgan fingerprint density at radius 2 is 1.65 bits per heavy atom. The van der Waals surface area contributed by atoms with Gasteiger partial charge in [-0.1, -0.05) is 0 Å². The number of benzene rings is 2. The first kappa shape index (κ1) is 27.1. The molecule has 0 bridgehead atoms. The number of sulfonamides is 1. The van der Waals surface area contributed by atoms with E-state index in [0.717, 1.165) is 13.1 Å². The summed E-state index contributed by atoms with van der Waals surface area (Å²) in [6.07, 6.45) is -3.55. The van der Waals surface area contributed by atoms with Crippen LogP contribution in [0.4, 0.5) is 29.1 Å². The highest BCUT2D eigenvalue weighted by Gasteiger charge is 2.30. The quantitative estimate of drug-likeness (QED) is 0.426. The summed E-state index contributed by atoms with van der Waals surface area (Å²) in [4.78, 5) is 7.37. The molecule has 15 heteroatoms. The summed E-state index contributed by atoms with van der Waals surface area (Å²) in [5.41, 5.74) is 0.109. The van der Waals surface area contributed by atoms with Crippen LogP contribution in [-0.2, 0) is 10.0 Å². The number of alkyl halides is 3. The number of ether oxygens (including phenoxy) is 3. The number of nitrogens with zero attached hydrogens (tertiary/aromatic N) is 2. The molecule has 0 amide bonds. The van der Waals surface area contributed by atoms with E-state index < -0.39 is 39.3 Å². The van der Waals surface area contributed by atoms with Crippen molar-refractivity contribution in [2.45, 2.75) is 11.1 Å². The minimum Gasteiger partial charge on any atom is -0.493 e. The van der Waals surface area contributed by atoms with Crippen molar-refractivity contribution in [2.75, 3.05) is 33.2 Å². The van der Waals surface area contributed by atoms with Crippen LogP contribution in [0.5, 0.6) is 17.2 Å². The van der Waals surface area contributed by atoms with E-state index in [1.807, 2.05) is 4.72 Å². The molecule has 2 aromatic carbocycles. The molecule has 34 heavy (non-hydrogen) atoms. The SMILES string of the molecule is CNS(=O)(=O)c1cc(Nc2ncnc3cc(OC)c(OC)cc23)c(OCC(F)(F)F)cc1F.Cl. The van der Waals surface area contributed by atoms with Gasteiger partial charge in [-0.25, -0.2) is 27.5 Å². The van der Waals surface area contributed by atoms with Crippen molar-refractivity contribution < 1.29 is 40.2 Å². The van der Waals surface area contributed by atoms with Crippen molar-refractivity contribution in [3.63, 3.8) is 0 Å². The van der Waals surface area contributed by atoms with Gasteiger partial charge in [0.25, 0.3) is 0 Å². The fraction of sp³-hybridized carbons (Fsp3) is 0.263. The first-order chi connectivity index (χ1) is 15.5. The van der Waals surface area contributed by atoms with Crippen molar-refractivity contribution in [1.82, 2.24) is 14.7 Å². The van der Waals surface area contributed by atoms with E-state index in [-0.39, 0.29) is 23.9 Å². The summed E-state index contributed by atoms with van der Waals surface area (Å²) in [6.45, 7) is -1.73. The largest absolute Gasteiger partial charge is 0.493 e. The minimum atomic E-state index is -4.71. The maximum Gasteiger partial charge on any atom is 0.422 e. The van der Waals surface area contributed by atoms with E-state index in [1.165, 1.54) is 26.6 Å². The molecule has 1 heterocycles. The van der Waals surface area contributed by atoms with Crippen LogP contribution in [0.1, 0.15) is 0 Å². The van der Waals surface area contributed by atoms with Crippen LogP contribution >= 0.6 is 12.4 Å². The third kappa shape index (κ3) is 5.87. The van der Waals surface area contributed by atoms with Gasteiger partial charge in [-0.3, -0.25) is 0 Å². The summed E-state index contributed by atoms with van der Waals surface area (Å²) < 4.78 is 94.0. The van der Waals surface area contributed by atoms with Gasteiger partial charge in [0.1, 0.15) is 28.6 Å². The standard InChI is InChI=1S/C19H18F4N4O5S.ClH/c1-24-33(28,29)17-7-13(14(5-11(17)20)32-8-19(21,22)23)27-18-10-4-15(30-2)16(31-3)6-12(10)25-9-26-18;/h4-7,9,24H,8H2,1-3H3,(H,25,26,27);1H. The number of methoxy groups -OCH3 is 2. The summed E-state index contributed by atoms with van der Waals surface area (Å²) in [7, 11) is -0.387. The Morgan fingerprint density at radius 3 is 2.24 bits per heavy atom. The summed E-state index contributed by atoms with van der Waals surface area (Å²) in [5, 5.41) is 3.07. The van der Waals surface area contributed by atoms with Crippen molar-refractivity contribution in [2.24, 2.45) is 0 Å². The molecule has 2 N–H and O–H groups in total. The number of hydrogen-bond acceptors (Lipinski definition) is 8. The normalized spacial score (nSPS) is 11.6. The fourth-order valence-corrected chi connectivity index (χ4v) is 3.65. The molecule has 0 aliphatic rings. The van der Waals surface area contributed by atoms with E-state index in [1.54, 1.807) is 6.07 Å². The summed E-state index contributed by atoms with van der Waals surface area (Å²) >= 11 is 0. The van der Waals surface area contributed by atoms with Gasteiger partial charge >= 0.3 is 6.18 Å². The Kier molecular flexibility index (Phi) is 8.34. The van der Waals surface area contributed by atoms with Crippen LogP contribution in [-0.4, -0.2) is 52.4 Å². The molecule has 0 spiro atoms. The monoisotopic (exact) mass is 526 g/mol. The van der Waals surface area contributed by atoms with Gasteiger partial charge in [-0.05, 0) is 19.2 Å². The minimum absolute atomic E-state index is 0. The fourth-order valence-electron chi connectivity index (χ4n) is 2.84. The number of aromatic nitrogens is 2. The Hall–Kier alpha value is -3.10. The molecule has 0 radical (unpaired) electrons. The lowest BCUT2D eigenvalue weighted by Crippen LogP contribution is -2.22. The molecule has 1 aromatic heterocycles. The molecule has 0 saturated carbocycles. The zero-order chi connectivity index (χ0) is 24.4. The smallest absolute Gasteiger partial charge is 0.422 e. The lowest BCUT2D eigenvalue weighted by atomic mass is 10.2. The first-order valence-electron chi connectivity index (χ1n) is 9.09. The lowest BCUT2D eigenvalue weighted by Gasteiger charge is -2.17. The van der Waals surface area contributed by atoms with E-state index in [0.29, 0.717) is 28.5 Å². The van der Waals surface area contributed by atoms with Crippen LogP contribution in [0.2, 0.25) is 0 Å². The molecule has 0 aliphatic carbocycles. The van der Waals surface area contributed by atoms with Gasteiger partial charge in [0, 0.05) is 17.5 Å². The second-order valence-electron chi connectivity index (χ2n) is 6.46. The number of hydrogen-bond donors (Lipinski definition) is 2. The van der Waals surface area contributed by atoms with E-state index in [4.69, 9.17) is 14.2 Å². The molecule has 0 saturated heterocycles. The van der Waals surface area contributed by atoms with Crippen LogP contribution in [0.25, 0.3) is 10.9 Å². The van der Waals surface area contributed by atoms with Crippen molar-refractivity contribution >= 4 is 44.8 Å². The molecule has 0 unspecified atom stereocenters. The lowest BCUT2D eigenvalue weighted by molar-refractivity contribution is -0.153. The molecular formula is C19H19ClF4N4O5S. The number of anilines is 2. The van der Waals surface area contributed by atoms with Crippen molar-refractivity contribution in [3.8, 4) is 17.2 Å². The molecule has 9 nitrogen and oxygen atoms in total. The highest BCUT2D eigenvalue weighted by atomic mass is 35.5. The van der Waals surface area contributed by atoms with Gasteiger partial charge in [-0.15, -0.1) is 12.4 Å². The maximum atomic E-state index is 14.4. The number of halogens is 5. The second kappa shape index (κ2) is 10.4. The summed E-state index contributed by atoms with van der Waals surface area (Å²) in [6, 6.07) is 4.41. The predicted octanol–water partition coefficient (Wildman–Crippen LogP) is 3.80. The maximum absolute atomic E-state index is 14.4. The topological polar surface area (TPSA) is 112 Å². The van der Waals surface area contributed by atoms with Crippen LogP contribution < -0.4 is 24.2 Å². The zero-order valence-corrected chi connectivity index (χ0v) is 19.5. The number of nitrogens with one attached hydrogen (secondary N) is 2. The molecule has 3 aromatic rings. The Labute approximate surface area is 197 Å². The van der Waals surface area contributed by atoms with Crippen LogP contribution in [0.15, 0.2) is 35.5 Å². The van der Waals surface area contributed by atoms with Gasteiger partial charge < -0.3 is 19.5 Å². The Balaban J connectivity index is 0.00000408. The molecule has 186 valence electrons. The van der Waals surface area contributed by atoms with Crippen LogP contribution in [0.3, 0.4) is 0 Å². The predicted molar refractivity (Wildman–Crippen MR) is 117 cm³/mol. The van der Waals surface area contributed by atoms with Gasteiger partial charge in [0.2, 0.25) is 10.0 Å². The molecule has 0 aliphatic heterocycles. The van der Waals surface area contributed by atoms with Gasteiger partial charge in [0.15, 0.2) is 18.1 Å². The van der Waals surface area contributed by atoms with Crippen molar-refractivity contribution in [1.29, 1.82) is 0 Å². The Morgan fingerprint density at radius 1 is 1.00 bits per heavy atom. The van der Waals surface area contributed by atoms with E-state index in [9.17, 15) is 26.0 Å². The Bertz CT molecular complexity index is 1290. The molecular weight excluding hydrogens is 508 g/mol. The highest BCUT2D eigenvalue weighted by Crippen LogP contribution is 2.37. The van der Waals surface area contributed by atoms with Gasteiger partial charge in [0.05, 0.1) is 25.4 Å². The average molecular weight is 527 g/mol.